The molecule has 1 saturated carbocycles. The van der Waals surface area contributed by atoms with Crippen LogP contribution in [0.4, 0.5) is 0 Å². The van der Waals surface area contributed by atoms with E-state index < -0.39 is 5.97 Å². The summed E-state index contributed by atoms with van der Waals surface area (Å²) in [6.07, 6.45) is 6.93. The maximum atomic E-state index is 10.6. The summed E-state index contributed by atoms with van der Waals surface area (Å²) >= 11 is 1.90. The van der Waals surface area contributed by atoms with Crippen molar-refractivity contribution < 1.29 is 15.0 Å². The van der Waals surface area contributed by atoms with Crippen LogP contribution in [0.25, 0.3) is 0 Å². The number of hydrogen-bond acceptors (Lipinski definition) is 3. The second kappa shape index (κ2) is 7.17. The number of unbranched alkanes of at least 4 members (excludes halogenated alkanes) is 3. The highest BCUT2D eigenvalue weighted by molar-refractivity contribution is 7.99. The Morgan fingerprint density at radius 2 is 1.88 bits per heavy atom. The molecule has 1 aliphatic rings. The van der Waals surface area contributed by atoms with Gasteiger partial charge in [-0.05, 0) is 42.6 Å². The summed E-state index contributed by atoms with van der Waals surface area (Å²) in [7, 11) is 0. The number of aliphatic carboxylic acids is 1. The third-order valence-corrected chi connectivity index (χ3v) is 4.48. The third-order valence-electron chi connectivity index (χ3n) is 3.09. The van der Waals surface area contributed by atoms with Gasteiger partial charge in [0.2, 0.25) is 0 Å². The van der Waals surface area contributed by atoms with Crippen LogP contribution in [0.2, 0.25) is 0 Å². The Balaban J connectivity index is 1.93. The molecule has 0 aliphatic heterocycles. The molecule has 1 rings (SSSR count). The average Bonchev–Trinajstić information content (AvgIpc) is 2.96. The van der Waals surface area contributed by atoms with Crippen LogP contribution in [0.1, 0.15) is 44.9 Å². The zero-order chi connectivity index (χ0) is 11.9. The molecule has 0 radical (unpaired) electrons. The third kappa shape index (κ3) is 5.75. The number of carbonyl (C=O) groups is 1. The van der Waals surface area contributed by atoms with Crippen molar-refractivity contribution >= 4 is 17.7 Å². The first-order valence-electron chi connectivity index (χ1n) is 6.09. The van der Waals surface area contributed by atoms with Gasteiger partial charge >= 0.3 is 5.97 Å². The molecule has 0 aromatic heterocycles. The molecule has 2 N–H and O–H groups in total. The number of hydrogen-bond donors (Lipinski definition) is 2. The van der Waals surface area contributed by atoms with Crippen molar-refractivity contribution in [2.24, 2.45) is 5.41 Å². The number of aliphatic hydroxyl groups excluding tert-OH is 1. The first-order chi connectivity index (χ1) is 7.68. The summed E-state index contributed by atoms with van der Waals surface area (Å²) in [5, 5.41) is 17.4. The van der Waals surface area contributed by atoms with Gasteiger partial charge in [0.05, 0.1) is 6.42 Å². The van der Waals surface area contributed by atoms with Crippen LogP contribution >= 0.6 is 11.8 Å². The maximum absolute atomic E-state index is 10.6. The Bertz CT molecular complexity index is 214. The quantitative estimate of drug-likeness (QED) is 0.582. The fraction of sp³-hybridized carbons (Fsp3) is 0.917. The molecule has 16 heavy (non-hydrogen) atoms. The molecule has 0 unspecified atom stereocenters. The van der Waals surface area contributed by atoms with E-state index in [4.69, 9.17) is 10.2 Å². The van der Waals surface area contributed by atoms with E-state index >= 15 is 0 Å². The van der Waals surface area contributed by atoms with E-state index in [9.17, 15) is 4.79 Å². The van der Waals surface area contributed by atoms with Gasteiger partial charge in [-0.3, -0.25) is 4.79 Å². The molecule has 4 heteroatoms. The zero-order valence-electron chi connectivity index (χ0n) is 9.78. The Morgan fingerprint density at radius 3 is 2.44 bits per heavy atom. The van der Waals surface area contributed by atoms with Gasteiger partial charge in [0.1, 0.15) is 0 Å². The average molecular weight is 246 g/mol. The van der Waals surface area contributed by atoms with E-state index in [0.29, 0.717) is 13.0 Å². The zero-order valence-corrected chi connectivity index (χ0v) is 10.6. The summed E-state index contributed by atoms with van der Waals surface area (Å²) in [5.74, 6) is 1.49. The van der Waals surface area contributed by atoms with Crippen molar-refractivity contribution in [3.8, 4) is 0 Å². The van der Waals surface area contributed by atoms with E-state index in [1.54, 1.807) is 0 Å². The summed E-state index contributed by atoms with van der Waals surface area (Å²) in [4.78, 5) is 10.6. The van der Waals surface area contributed by atoms with Crippen molar-refractivity contribution in [3.05, 3.63) is 0 Å². The molecule has 1 aliphatic carbocycles. The number of carboxylic acid groups (broad SMARTS) is 1. The van der Waals surface area contributed by atoms with E-state index in [0.717, 1.165) is 37.2 Å². The number of rotatable bonds is 10. The highest BCUT2D eigenvalue weighted by Crippen LogP contribution is 2.51. The van der Waals surface area contributed by atoms with Gasteiger partial charge in [0.15, 0.2) is 0 Å². The van der Waals surface area contributed by atoms with E-state index in [-0.39, 0.29) is 5.41 Å². The fourth-order valence-corrected chi connectivity index (χ4v) is 3.20. The van der Waals surface area contributed by atoms with Gasteiger partial charge in [-0.15, -0.1) is 0 Å². The van der Waals surface area contributed by atoms with Crippen molar-refractivity contribution in [3.63, 3.8) is 0 Å². The predicted molar refractivity (Wildman–Crippen MR) is 66.8 cm³/mol. The van der Waals surface area contributed by atoms with Gasteiger partial charge in [-0.25, -0.2) is 0 Å². The van der Waals surface area contributed by atoms with E-state index in [1.165, 1.54) is 12.8 Å². The monoisotopic (exact) mass is 246 g/mol. The van der Waals surface area contributed by atoms with E-state index in [2.05, 4.69) is 0 Å². The number of aliphatic hydroxyl groups is 1. The lowest BCUT2D eigenvalue weighted by Gasteiger charge is -2.11. The van der Waals surface area contributed by atoms with Crippen LogP contribution in [-0.2, 0) is 4.79 Å². The minimum absolute atomic E-state index is 0.140. The molecular formula is C12H22O3S. The van der Waals surface area contributed by atoms with E-state index in [1.807, 2.05) is 11.8 Å². The standard InChI is InChI=1S/C12H22O3S/c13-7-3-1-2-4-8-16-10-12(5-6-12)9-11(14)15/h13H,1-10H2,(H,14,15). The lowest BCUT2D eigenvalue weighted by molar-refractivity contribution is -0.138. The summed E-state index contributed by atoms with van der Waals surface area (Å²) in [6.45, 7) is 0.300. The number of carboxylic acids is 1. The van der Waals surface area contributed by atoms with Crippen LogP contribution in [0.3, 0.4) is 0 Å². The van der Waals surface area contributed by atoms with Crippen LogP contribution < -0.4 is 0 Å². The topological polar surface area (TPSA) is 57.5 Å². The highest BCUT2D eigenvalue weighted by Gasteiger charge is 2.43. The summed E-state index contributed by atoms with van der Waals surface area (Å²) in [5.41, 5.74) is 0.140. The lowest BCUT2D eigenvalue weighted by Crippen LogP contribution is -2.11. The second-order valence-electron chi connectivity index (χ2n) is 4.76. The molecule has 0 aromatic carbocycles. The van der Waals surface area contributed by atoms with Crippen LogP contribution in [-0.4, -0.2) is 34.3 Å². The minimum atomic E-state index is -0.652. The molecular weight excluding hydrogens is 224 g/mol. The molecule has 0 amide bonds. The first kappa shape index (κ1) is 13.8. The Kier molecular flexibility index (Phi) is 6.21. The van der Waals surface area contributed by atoms with Crippen LogP contribution in [0.15, 0.2) is 0 Å². The number of thioether (sulfide) groups is 1. The molecule has 0 aromatic rings. The molecule has 1 fully saturated rings. The van der Waals surface area contributed by atoms with Gasteiger partial charge < -0.3 is 10.2 Å². The minimum Gasteiger partial charge on any atom is -0.481 e. The predicted octanol–water partition coefficient (Wildman–Crippen LogP) is 2.53. The second-order valence-corrected chi connectivity index (χ2v) is 5.87. The molecule has 0 atom stereocenters. The Hall–Kier alpha value is -0.220. The van der Waals surface area contributed by atoms with Crippen LogP contribution in [0.5, 0.6) is 0 Å². The largest absolute Gasteiger partial charge is 0.481 e. The Labute approximate surface area is 102 Å². The molecule has 94 valence electrons. The SMILES string of the molecule is O=C(O)CC1(CSCCCCCCO)CC1. The molecule has 0 spiro atoms. The van der Waals surface area contributed by atoms with Gasteiger partial charge in [-0.2, -0.15) is 11.8 Å². The van der Waals surface area contributed by atoms with Crippen molar-refractivity contribution in [1.82, 2.24) is 0 Å². The van der Waals surface area contributed by atoms with Gasteiger partial charge in [0.25, 0.3) is 0 Å². The lowest BCUT2D eigenvalue weighted by atomic mass is 10.1. The molecule has 0 saturated heterocycles. The van der Waals surface area contributed by atoms with Crippen molar-refractivity contribution in [2.45, 2.75) is 44.9 Å². The van der Waals surface area contributed by atoms with Crippen LogP contribution in [0, 0.1) is 5.41 Å². The summed E-state index contributed by atoms with van der Waals surface area (Å²) in [6, 6.07) is 0. The highest BCUT2D eigenvalue weighted by atomic mass is 32.2. The molecule has 0 heterocycles. The first-order valence-corrected chi connectivity index (χ1v) is 7.24. The molecule has 3 nitrogen and oxygen atoms in total. The van der Waals surface area contributed by atoms with Crippen molar-refractivity contribution in [2.75, 3.05) is 18.1 Å². The van der Waals surface area contributed by atoms with Gasteiger partial charge in [-0.1, -0.05) is 12.8 Å². The fourth-order valence-electron chi connectivity index (χ4n) is 1.83. The molecule has 0 bridgehead atoms. The summed E-state index contributed by atoms with van der Waals surface area (Å²) < 4.78 is 0. The van der Waals surface area contributed by atoms with Crippen molar-refractivity contribution in [1.29, 1.82) is 0 Å². The van der Waals surface area contributed by atoms with Gasteiger partial charge in [0, 0.05) is 6.61 Å². The maximum Gasteiger partial charge on any atom is 0.303 e. The smallest absolute Gasteiger partial charge is 0.303 e. The Morgan fingerprint density at radius 1 is 1.19 bits per heavy atom. The normalized spacial score (nSPS) is 17.3.